The SMILES string of the molecule is [CH2]c1cccc(Oc2ccc(F)cc2)n1. The van der Waals surface area contributed by atoms with Crippen molar-refractivity contribution in [2.45, 2.75) is 0 Å². The molecular formula is C12H9FNO. The first kappa shape index (κ1) is 9.65. The summed E-state index contributed by atoms with van der Waals surface area (Å²) in [6.45, 7) is 3.69. The van der Waals surface area contributed by atoms with Gasteiger partial charge < -0.3 is 4.74 Å². The van der Waals surface area contributed by atoms with Crippen molar-refractivity contribution in [1.29, 1.82) is 0 Å². The molecule has 1 heterocycles. The monoisotopic (exact) mass is 202 g/mol. The van der Waals surface area contributed by atoms with Gasteiger partial charge in [0.15, 0.2) is 0 Å². The number of hydrogen-bond donors (Lipinski definition) is 0. The summed E-state index contributed by atoms with van der Waals surface area (Å²) in [4.78, 5) is 4.06. The minimum Gasteiger partial charge on any atom is -0.439 e. The molecule has 15 heavy (non-hydrogen) atoms. The number of rotatable bonds is 2. The highest BCUT2D eigenvalue weighted by Gasteiger charge is 1.98. The summed E-state index contributed by atoms with van der Waals surface area (Å²) in [6.07, 6.45) is 0. The van der Waals surface area contributed by atoms with Crippen molar-refractivity contribution in [3.8, 4) is 11.6 Å². The normalized spacial score (nSPS) is 10.0. The molecule has 2 rings (SSSR count). The van der Waals surface area contributed by atoms with Gasteiger partial charge in [-0.25, -0.2) is 9.37 Å². The molecule has 0 fully saturated rings. The molecule has 1 radical (unpaired) electrons. The number of aromatic nitrogens is 1. The molecule has 0 saturated heterocycles. The number of ether oxygens (including phenoxy) is 1. The Morgan fingerprint density at radius 2 is 1.80 bits per heavy atom. The van der Waals surface area contributed by atoms with Gasteiger partial charge in [-0.2, -0.15) is 0 Å². The highest BCUT2D eigenvalue weighted by atomic mass is 19.1. The zero-order chi connectivity index (χ0) is 10.7. The van der Waals surface area contributed by atoms with Crippen molar-refractivity contribution in [2.24, 2.45) is 0 Å². The number of nitrogens with zero attached hydrogens (tertiary/aromatic N) is 1. The van der Waals surface area contributed by atoms with E-state index in [-0.39, 0.29) is 5.82 Å². The predicted molar refractivity (Wildman–Crippen MR) is 55.2 cm³/mol. The molecule has 1 aromatic heterocycles. The van der Waals surface area contributed by atoms with Crippen LogP contribution in [0.2, 0.25) is 0 Å². The fraction of sp³-hybridized carbons (Fsp3) is 0. The average Bonchev–Trinajstić information content (AvgIpc) is 2.22. The van der Waals surface area contributed by atoms with E-state index < -0.39 is 0 Å². The summed E-state index contributed by atoms with van der Waals surface area (Å²) in [5.74, 6) is 0.713. The van der Waals surface area contributed by atoms with E-state index in [1.165, 1.54) is 12.1 Å². The predicted octanol–water partition coefficient (Wildman–Crippen LogP) is 3.20. The van der Waals surface area contributed by atoms with Crippen LogP contribution in [0.3, 0.4) is 0 Å². The van der Waals surface area contributed by atoms with Crippen molar-refractivity contribution in [3.05, 3.63) is 60.9 Å². The lowest BCUT2D eigenvalue weighted by atomic mass is 10.3. The Morgan fingerprint density at radius 1 is 1.07 bits per heavy atom. The quantitative estimate of drug-likeness (QED) is 0.746. The summed E-state index contributed by atoms with van der Waals surface area (Å²) in [5.41, 5.74) is 0.634. The summed E-state index contributed by atoms with van der Waals surface area (Å²) in [6, 6.07) is 11.1. The molecule has 2 aromatic rings. The lowest BCUT2D eigenvalue weighted by Crippen LogP contribution is -1.89. The number of benzene rings is 1. The van der Waals surface area contributed by atoms with Crippen molar-refractivity contribution in [1.82, 2.24) is 4.98 Å². The second-order valence-electron chi connectivity index (χ2n) is 3.02. The first-order valence-electron chi connectivity index (χ1n) is 4.46. The molecule has 1 aromatic carbocycles. The van der Waals surface area contributed by atoms with E-state index in [9.17, 15) is 4.39 Å². The topological polar surface area (TPSA) is 22.1 Å². The van der Waals surface area contributed by atoms with Crippen LogP contribution in [0, 0.1) is 12.7 Å². The van der Waals surface area contributed by atoms with Gasteiger partial charge in [-0.1, -0.05) is 6.07 Å². The number of halogens is 1. The molecule has 0 atom stereocenters. The highest BCUT2D eigenvalue weighted by Crippen LogP contribution is 2.19. The van der Waals surface area contributed by atoms with Gasteiger partial charge in [-0.15, -0.1) is 0 Å². The van der Waals surface area contributed by atoms with Crippen LogP contribution < -0.4 is 4.74 Å². The first-order chi connectivity index (χ1) is 7.24. The Bertz CT molecular complexity index is 453. The van der Waals surface area contributed by atoms with Crippen molar-refractivity contribution >= 4 is 0 Å². The Hall–Kier alpha value is -1.90. The molecule has 0 saturated carbocycles. The van der Waals surface area contributed by atoms with Crippen molar-refractivity contribution in [2.75, 3.05) is 0 Å². The minimum atomic E-state index is -0.291. The fourth-order valence-electron chi connectivity index (χ4n) is 1.14. The van der Waals surface area contributed by atoms with Crippen LogP contribution in [-0.2, 0) is 0 Å². The van der Waals surface area contributed by atoms with Crippen LogP contribution in [0.15, 0.2) is 42.5 Å². The summed E-state index contributed by atoms with van der Waals surface area (Å²) in [7, 11) is 0. The molecular weight excluding hydrogens is 193 g/mol. The average molecular weight is 202 g/mol. The molecule has 3 heteroatoms. The maximum absolute atomic E-state index is 12.6. The van der Waals surface area contributed by atoms with E-state index in [0.717, 1.165) is 0 Å². The first-order valence-corrected chi connectivity index (χ1v) is 4.46. The van der Waals surface area contributed by atoms with E-state index in [1.807, 2.05) is 0 Å². The molecule has 75 valence electrons. The second kappa shape index (κ2) is 4.09. The zero-order valence-electron chi connectivity index (χ0n) is 7.98. The van der Waals surface area contributed by atoms with Gasteiger partial charge in [0.25, 0.3) is 0 Å². The van der Waals surface area contributed by atoms with E-state index in [1.54, 1.807) is 30.3 Å². The Morgan fingerprint density at radius 3 is 2.47 bits per heavy atom. The standard InChI is InChI=1S/C12H9FNO/c1-9-3-2-4-12(14-9)15-11-7-5-10(13)6-8-11/h2-8H,1H2. The lowest BCUT2D eigenvalue weighted by Gasteiger charge is -2.04. The third-order valence-electron chi connectivity index (χ3n) is 1.82. The summed E-state index contributed by atoms with van der Waals surface area (Å²) in [5, 5.41) is 0. The largest absolute Gasteiger partial charge is 0.439 e. The molecule has 0 aliphatic carbocycles. The van der Waals surface area contributed by atoms with Crippen LogP contribution in [0.5, 0.6) is 11.6 Å². The van der Waals surface area contributed by atoms with Crippen LogP contribution in [0.25, 0.3) is 0 Å². The van der Waals surface area contributed by atoms with Crippen LogP contribution in [0.1, 0.15) is 5.69 Å². The third-order valence-corrected chi connectivity index (χ3v) is 1.82. The smallest absolute Gasteiger partial charge is 0.219 e. The van der Waals surface area contributed by atoms with E-state index in [4.69, 9.17) is 4.74 Å². The van der Waals surface area contributed by atoms with Crippen LogP contribution >= 0.6 is 0 Å². The van der Waals surface area contributed by atoms with Gasteiger partial charge in [0.05, 0.1) is 0 Å². The second-order valence-corrected chi connectivity index (χ2v) is 3.02. The molecule has 0 spiro atoms. The lowest BCUT2D eigenvalue weighted by molar-refractivity contribution is 0.460. The van der Waals surface area contributed by atoms with E-state index in [0.29, 0.717) is 17.3 Å². The molecule has 0 N–H and O–H groups in total. The van der Waals surface area contributed by atoms with Crippen molar-refractivity contribution < 1.29 is 9.13 Å². The number of hydrogen-bond acceptors (Lipinski definition) is 2. The van der Waals surface area contributed by atoms with Gasteiger partial charge >= 0.3 is 0 Å². The summed E-state index contributed by atoms with van der Waals surface area (Å²) >= 11 is 0. The van der Waals surface area contributed by atoms with Crippen molar-refractivity contribution in [3.63, 3.8) is 0 Å². The highest BCUT2D eigenvalue weighted by molar-refractivity contribution is 5.28. The van der Waals surface area contributed by atoms with Gasteiger partial charge in [-0.3, -0.25) is 0 Å². The maximum Gasteiger partial charge on any atom is 0.219 e. The van der Waals surface area contributed by atoms with Gasteiger partial charge in [0, 0.05) is 11.8 Å². The van der Waals surface area contributed by atoms with E-state index >= 15 is 0 Å². The third kappa shape index (κ3) is 2.53. The Labute approximate surface area is 87.4 Å². The Kier molecular flexibility index (Phi) is 2.63. The molecule has 0 aliphatic rings. The zero-order valence-corrected chi connectivity index (χ0v) is 7.98. The molecule has 0 bridgehead atoms. The molecule has 0 amide bonds. The van der Waals surface area contributed by atoms with Crippen LogP contribution in [-0.4, -0.2) is 4.98 Å². The fourth-order valence-corrected chi connectivity index (χ4v) is 1.14. The van der Waals surface area contributed by atoms with Gasteiger partial charge in [-0.05, 0) is 37.3 Å². The van der Waals surface area contributed by atoms with E-state index in [2.05, 4.69) is 11.9 Å². The molecule has 2 nitrogen and oxygen atoms in total. The van der Waals surface area contributed by atoms with Gasteiger partial charge in [0.2, 0.25) is 5.88 Å². The Balaban J connectivity index is 2.18. The number of pyridine rings is 1. The molecule has 0 aliphatic heterocycles. The minimum absolute atomic E-state index is 0.291. The maximum atomic E-state index is 12.6. The van der Waals surface area contributed by atoms with Gasteiger partial charge in [0.1, 0.15) is 11.6 Å². The van der Waals surface area contributed by atoms with Crippen LogP contribution in [0.4, 0.5) is 4.39 Å². The molecule has 0 unspecified atom stereocenters. The summed E-state index contributed by atoms with van der Waals surface area (Å²) < 4.78 is 18.0.